The van der Waals surface area contributed by atoms with Gasteiger partial charge >= 0.3 is 5.97 Å². The molecule has 2 bridgehead atoms. The van der Waals surface area contributed by atoms with Crippen molar-refractivity contribution >= 4 is 11.9 Å². The zero-order chi connectivity index (χ0) is 14.3. The fraction of sp³-hybridized carbons (Fsp3) is 0.467. The quantitative estimate of drug-likeness (QED) is 0.913. The average Bonchev–Trinajstić information content (AvgIpc) is 3.04. The van der Waals surface area contributed by atoms with Crippen LogP contribution in [0.5, 0.6) is 5.75 Å². The molecule has 20 heavy (non-hydrogen) atoms. The van der Waals surface area contributed by atoms with Crippen molar-refractivity contribution in [3.05, 3.63) is 29.8 Å². The van der Waals surface area contributed by atoms with E-state index in [1.165, 1.54) is 7.11 Å². The van der Waals surface area contributed by atoms with Crippen LogP contribution in [-0.2, 0) is 4.79 Å². The van der Waals surface area contributed by atoms with E-state index >= 15 is 0 Å². The largest absolute Gasteiger partial charge is 0.496 e. The van der Waals surface area contributed by atoms with E-state index in [-0.39, 0.29) is 18.0 Å². The summed E-state index contributed by atoms with van der Waals surface area (Å²) in [5, 5.41) is 9.24. The molecule has 2 fully saturated rings. The van der Waals surface area contributed by atoms with Gasteiger partial charge in [0.25, 0.3) is 5.91 Å². The number of hydrogen-bond acceptors (Lipinski definition) is 3. The van der Waals surface area contributed by atoms with Crippen LogP contribution in [0.2, 0.25) is 0 Å². The van der Waals surface area contributed by atoms with Gasteiger partial charge in [-0.05, 0) is 31.4 Å². The normalized spacial score (nSPS) is 27.6. The molecule has 2 aliphatic rings. The Bertz CT molecular complexity index is 557. The molecule has 0 radical (unpaired) electrons. The van der Waals surface area contributed by atoms with Crippen molar-refractivity contribution in [3.63, 3.8) is 0 Å². The summed E-state index contributed by atoms with van der Waals surface area (Å²) in [4.78, 5) is 25.7. The summed E-state index contributed by atoms with van der Waals surface area (Å²) < 4.78 is 5.23. The Morgan fingerprint density at radius 2 is 2.05 bits per heavy atom. The minimum Gasteiger partial charge on any atom is -0.496 e. The number of para-hydroxylation sites is 1. The number of nitrogens with zero attached hydrogens (tertiary/aromatic N) is 1. The van der Waals surface area contributed by atoms with Crippen LogP contribution in [-0.4, -0.2) is 41.1 Å². The number of benzene rings is 1. The third-order valence-corrected chi connectivity index (χ3v) is 4.43. The van der Waals surface area contributed by atoms with Gasteiger partial charge in [0.1, 0.15) is 5.75 Å². The van der Waals surface area contributed by atoms with Gasteiger partial charge in [-0.3, -0.25) is 9.59 Å². The van der Waals surface area contributed by atoms with Gasteiger partial charge in [-0.25, -0.2) is 0 Å². The number of fused-ring (bicyclic) bond motifs is 2. The van der Waals surface area contributed by atoms with Crippen LogP contribution in [0.25, 0.3) is 0 Å². The van der Waals surface area contributed by atoms with Crippen LogP contribution < -0.4 is 4.74 Å². The molecule has 1 amide bonds. The van der Waals surface area contributed by atoms with Gasteiger partial charge in [0, 0.05) is 12.1 Å². The first-order valence-electron chi connectivity index (χ1n) is 6.82. The van der Waals surface area contributed by atoms with Crippen molar-refractivity contribution < 1.29 is 19.4 Å². The van der Waals surface area contributed by atoms with Crippen molar-refractivity contribution in [2.24, 2.45) is 5.92 Å². The summed E-state index contributed by atoms with van der Waals surface area (Å²) in [6.45, 7) is 0. The monoisotopic (exact) mass is 275 g/mol. The Hall–Kier alpha value is -2.04. The number of hydrogen-bond donors (Lipinski definition) is 1. The molecule has 106 valence electrons. The van der Waals surface area contributed by atoms with Gasteiger partial charge in [0.2, 0.25) is 0 Å². The van der Waals surface area contributed by atoms with Gasteiger partial charge in [-0.1, -0.05) is 12.1 Å². The lowest BCUT2D eigenvalue weighted by molar-refractivity contribution is -0.142. The van der Waals surface area contributed by atoms with Crippen molar-refractivity contribution in [2.45, 2.75) is 31.3 Å². The molecule has 0 saturated carbocycles. The summed E-state index contributed by atoms with van der Waals surface area (Å²) in [5.41, 5.74) is 0.512. The lowest BCUT2D eigenvalue weighted by atomic mass is 9.89. The number of carbonyl (C=O) groups excluding carboxylic acids is 1. The van der Waals surface area contributed by atoms with E-state index in [9.17, 15) is 14.7 Å². The fourth-order valence-corrected chi connectivity index (χ4v) is 3.53. The van der Waals surface area contributed by atoms with Crippen LogP contribution in [0.1, 0.15) is 29.6 Å². The SMILES string of the molecule is COc1ccccc1C(=O)N1C2CCC1C(C(=O)O)C2. The summed E-state index contributed by atoms with van der Waals surface area (Å²) in [7, 11) is 1.53. The molecule has 3 unspecified atom stereocenters. The number of amides is 1. The molecule has 1 N–H and O–H groups in total. The number of ether oxygens (including phenoxy) is 1. The first-order valence-corrected chi connectivity index (χ1v) is 6.82. The Morgan fingerprint density at radius 3 is 2.70 bits per heavy atom. The van der Waals surface area contributed by atoms with E-state index in [4.69, 9.17) is 4.74 Å². The molecule has 1 aromatic carbocycles. The summed E-state index contributed by atoms with van der Waals surface area (Å²) in [5.74, 6) is -0.795. The van der Waals surface area contributed by atoms with Gasteiger partial charge in [0.15, 0.2) is 0 Å². The van der Waals surface area contributed by atoms with E-state index < -0.39 is 11.9 Å². The molecule has 2 saturated heterocycles. The Balaban J connectivity index is 1.90. The van der Waals surface area contributed by atoms with E-state index in [1.807, 2.05) is 6.07 Å². The van der Waals surface area contributed by atoms with Crippen LogP contribution in [0, 0.1) is 5.92 Å². The Morgan fingerprint density at radius 1 is 1.30 bits per heavy atom. The van der Waals surface area contributed by atoms with Crippen molar-refractivity contribution in [3.8, 4) is 5.75 Å². The van der Waals surface area contributed by atoms with Crippen LogP contribution in [0.3, 0.4) is 0 Å². The average molecular weight is 275 g/mol. The highest BCUT2D eigenvalue weighted by atomic mass is 16.5. The molecule has 0 aromatic heterocycles. The van der Waals surface area contributed by atoms with Crippen LogP contribution in [0.4, 0.5) is 0 Å². The van der Waals surface area contributed by atoms with Crippen molar-refractivity contribution in [1.82, 2.24) is 4.90 Å². The Kier molecular flexibility index (Phi) is 3.12. The number of rotatable bonds is 3. The molecule has 3 atom stereocenters. The van der Waals surface area contributed by atoms with Gasteiger partial charge in [-0.2, -0.15) is 0 Å². The first kappa shape index (κ1) is 13.0. The third kappa shape index (κ3) is 1.85. The molecule has 0 spiro atoms. The number of carboxylic acids is 1. The minimum absolute atomic E-state index is 0.0542. The third-order valence-electron chi connectivity index (χ3n) is 4.43. The molecule has 3 rings (SSSR count). The molecule has 2 heterocycles. The van der Waals surface area contributed by atoms with E-state index in [0.717, 1.165) is 12.8 Å². The van der Waals surface area contributed by atoms with E-state index in [2.05, 4.69) is 0 Å². The second kappa shape index (κ2) is 4.81. The zero-order valence-corrected chi connectivity index (χ0v) is 11.3. The predicted molar refractivity (Wildman–Crippen MR) is 71.7 cm³/mol. The lowest BCUT2D eigenvalue weighted by Crippen LogP contribution is -2.38. The molecule has 5 nitrogen and oxygen atoms in total. The fourth-order valence-electron chi connectivity index (χ4n) is 3.53. The molecular weight excluding hydrogens is 258 g/mol. The van der Waals surface area contributed by atoms with Crippen molar-refractivity contribution in [1.29, 1.82) is 0 Å². The highest BCUT2D eigenvalue weighted by Crippen LogP contribution is 2.43. The predicted octanol–water partition coefficient (Wildman–Crippen LogP) is 1.77. The number of aliphatic carboxylic acids is 1. The van der Waals surface area contributed by atoms with Crippen LogP contribution >= 0.6 is 0 Å². The molecule has 5 heteroatoms. The number of carboxylic acid groups (broad SMARTS) is 1. The van der Waals surface area contributed by atoms with Crippen molar-refractivity contribution in [2.75, 3.05) is 7.11 Å². The topological polar surface area (TPSA) is 66.8 Å². The maximum atomic E-state index is 12.7. The Labute approximate surface area is 117 Å². The second-order valence-corrected chi connectivity index (χ2v) is 5.39. The standard InChI is InChI=1S/C15H17NO4/c1-20-13-5-3-2-4-10(13)14(17)16-9-6-7-12(16)11(8-9)15(18)19/h2-5,9,11-12H,6-8H2,1H3,(H,18,19). The summed E-state index contributed by atoms with van der Waals surface area (Å²) in [6.07, 6.45) is 2.25. The van der Waals surface area contributed by atoms with Gasteiger partial charge in [0.05, 0.1) is 18.6 Å². The van der Waals surface area contributed by atoms with E-state index in [1.54, 1.807) is 23.1 Å². The number of carbonyl (C=O) groups is 2. The summed E-state index contributed by atoms with van der Waals surface area (Å²) in [6, 6.07) is 6.97. The molecular formula is C15H17NO4. The zero-order valence-electron chi connectivity index (χ0n) is 11.3. The molecule has 0 aliphatic carbocycles. The van der Waals surface area contributed by atoms with Gasteiger partial charge in [-0.15, -0.1) is 0 Å². The van der Waals surface area contributed by atoms with Gasteiger partial charge < -0.3 is 14.7 Å². The minimum atomic E-state index is -0.796. The smallest absolute Gasteiger partial charge is 0.308 e. The highest BCUT2D eigenvalue weighted by molar-refractivity contribution is 5.98. The first-order chi connectivity index (χ1) is 9.63. The number of methoxy groups -OCH3 is 1. The second-order valence-electron chi connectivity index (χ2n) is 5.39. The highest BCUT2D eigenvalue weighted by Gasteiger charge is 2.51. The maximum Gasteiger partial charge on any atom is 0.308 e. The lowest BCUT2D eigenvalue weighted by Gasteiger charge is -2.24. The summed E-state index contributed by atoms with van der Waals surface area (Å²) >= 11 is 0. The maximum absolute atomic E-state index is 12.7. The molecule has 2 aliphatic heterocycles. The van der Waals surface area contributed by atoms with E-state index in [0.29, 0.717) is 17.7 Å². The van der Waals surface area contributed by atoms with Crippen LogP contribution in [0.15, 0.2) is 24.3 Å². The molecule has 1 aromatic rings.